The van der Waals surface area contributed by atoms with E-state index in [4.69, 9.17) is 4.74 Å². The second kappa shape index (κ2) is 5.57. The van der Waals surface area contributed by atoms with Crippen LogP contribution in [0, 0.1) is 6.92 Å². The fraction of sp³-hybridized carbons (Fsp3) is 0.333. The monoisotopic (exact) mass is 287 g/mol. The van der Waals surface area contributed by atoms with Crippen LogP contribution in [0.2, 0.25) is 0 Å². The third kappa shape index (κ3) is 2.62. The van der Waals surface area contributed by atoms with Crippen molar-refractivity contribution < 1.29 is 9.84 Å². The first kappa shape index (κ1) is 13.6. The summed E-state index contributed by atoms with van der Waals surface area (Å²) < 4.78 is 5.27. The Morgan fingerprint density at radius 3 is 2.67 bits per heavy atom. The Hall–Kier alpha value is -2.34. The second-order valence-corrected chi connectivity index (χ2v) is 5.00. The molecule has 2 N–H and O–H groups in total. The van der Waals surface area contributed by atoms with E-state index >= 15 is 0 Å². The van der Waals surface area contributed by atoms with Gasteiger partial charge in [0.25, 0.3) is 5.56 Å². The maximum Gasteiger partial charge on any atom is 0.264 e. The molecule has 0 bridgehead atoms. The van der Waals surface area contributed by atoms with Crippen molar-refractivity contribution in [1.82, 2.24) is 9.97 Å². The van der Waals surface area contributed by atoms with E-state index in [0.29, 0.717) is 37.8 Å². The highest BCUT2D eigenvalue weighted by Crippen LogP contribution is 2.27. The summed E-state index contributed by atoms with van der Waals surface area (Å²) in [6.07, 6.45) is 0. The number of hydrogen-bond acceptors (Lipinski definition) is 5. The van der Waals surface area contributed by atoms with Crippen molar-refractivity contribution in [2.24, 2.45) is 0 Å². The van der Waals surface area contributed by atoms with Gasteiger partial charge in [-0.25, -0.2) is 0 Å². The van der Waals surface area contributed by atoms with Crippen LogP contribution < -0.4 is 10.5 Å². The molecule has 0 saturated carbocycles. The first-order valence-electron chi connectivity index (χ1n) is 6.89. The molecule has 0 aliphatic carbocycles. The van der Waals surface area contributed by atoms with E-state index < -0.39 is 0 Å². The highest BCUT2D eigenvalue weighted by Gasteiger charge is 2.19. The van der Waals surface area contributed by atoms with Gasteiger partial charge >= 0.3 is 0 Å². The Morgan fingerprint density at radius 2 is 2.00 bits per heavy atom. The number of benzene rings is 1. The lowest BCUT2D eigenvalue weighted by atomic mass is 10.0. The van der Waals surface area contributed by atoms with Gasteiger partial charge in [0, 0.05) is 13.1 Å². The molecule has 1 fully saturated rings. The van der Waals surface area contributed by atoms with Crippen molar-refractivity contribution in [3.8, 4) is 17.0 Å². The van der Waals surface area contributed by atoms with Gasteiger partial charge in [0.05, 0.1) is 13.2 Å². The Bertz CT molecular complexity index is 706. The summed E-state index contributed by atoms with van der Waals surface area (Å²) in [6, 6.07) is 7.41. The third-order valence-corrected chi connectivity index (χ3v) is 3.61. The summed E-state index contributed by atoms with van der Waals surface area (Å²) >= 11 is 0. The van der Waals surface area contributed by atoms with Crippen molar-refractivity contribution in [2.75, 3.05) is 31.2 Å². The summed E-state index contributed by atoms with van der Waals surface area (Å²) in [5.74, 6) is 0.146. The smallest absolute Gasteiger partial charge is 0.264 e. The number of aromatic nitrogens is 2. The van der Waals surface area contributed by atoms with E-state index in [1.54, 1.807) is 6.07 Å². The van der Waals surface area contributed by atoms with Crippen LogP contribution in [0.1, 0.15) is 5.56 Å². The molecule has 6 heteroatoms. The number of rotatable bonds is 2. The van der Waals surface area contributed by atoms with Crippen LogP contribution in [0.15, 0.2) is 29.1 Å². The van der Waals surface area contributed by atoms with E-state index in [-0.39, 0.29) is 17.0 Å². The SMILES string of the molecule is Cc1ccccc1-c1c(O)nc(N2CCOCC2)[nH]c1=O. The molecule has 2 aromatic rings. The number of nitrogens with zero attached hydrogens (tertiary/aromatic N) is 2. The molecule has 0 atom stereocenters. The van der Waals surface area contributed by atoms with Crippen LogP contribution in [0.5, 0.6) is 5.88 Å². The maximum absolute atomic E-state index is 12.3. The molecule has 0 unspecified atom stereocenters. The average molecular weight is 287 g/mol. The van der Waals surface area contributed by atoms with Gasteiger partial charge in [0.15, 0.2) is 0 Å². The van der Waals surface area contributed by atoms with Crippen LogP contribution in [-0.2, 0) is 4.74 Å². The van der Waals surface area contributed by atoms with Gasteiger partial charge in [0.1, 0.15) is 5.56 Å². The molecule has 1 aliphatic heterocycles. The molecule has 1 aromatic carbocycles. The van der Waals surface area contributed by atoms with Gasteiger partial charge in [-0.2, -0.15) is 4.98 Å². The fourth-order valence-electron chi connectivity index (χ4n) is 2.47. The number of hydrogen-bond donors (Lipinski definition) is 2. The molecular weight excluding hydrogens is 270 g/mol. The fourth-order valence-corrected chi connectivity index (χ4v) is 2.47. The van der Waals surface area contributed by atoms with E-state index in [1.165, 1.54) is 0 Å². The van der Waals surface area contributed by atoms with Gasteiger partial charge in [-0.15, -0.1) is 0 Å². The van der Waals surface area contributed by atoms with Crippen LogP contribution >= 0.6 is 0 Å². The number of morpholine rings is 1. The summed E-state index contributed by atoms with van der Waals surface area (Å²) in [4.78, 5) is 21.1. The predicted octanol–water partition coefficient (Wildman–Crippen LogP) is 1.29. The quantitative estimate of drug-likeness (QED) is 0.870. The van der Waals surface area contributed by atoms with Crippen LogP contribution in [-0.4, -0.2) is 41.4 Å². The molecule has 3 rings (SSSR count). The van der Waals surface area contributed by atoms with E-state index in [0.717, 1.165) is 5.56 Å². The number of ether oxygens (including phenoxy) is 1. The van der Waals surface area contributed by atoms with E-state index in [2.05, 4.69) is 9.97 Å². The minimum Gasteiger partial charge on any atom is -0.493 e. The molecule has 0 amide bonds. The van der Waals surface area contributed by atoms with Crippen LogP contribution in [0.25, 0.3) is 11.1 Å². The van der Waals surface area contributed by atoms with Gasteiger partial charge in [-0.1, -0.05) is 24.3 Å². The highest BCUT2D eigenvalue weighted by atomic mass is 16.5. The lowest BCUT2D eigenvalue weighted by Gasteiger charge is -2.27. The summed E-state index contributed by atoms with van der Waals surface area (Å²) in [7, 11) is 0. The zero-order chi connectivity index (χ0) is 14.8. The molecule has 6 nitrogen and oxygen atoms in total. The lowest BCUT2D eigenvalue weighted by molar-refractivity contribution is 0.122. The Labute approximate surface area is 122 Å². The average Bonchev–Trinajstić information content (AvgIpc) is 2.49. The Kier molecular flexibility index (Phi) is 3.62. The van der Waals surface area contributed by atoms with Crippen molar-refractivity contribution in [1.29, 1.82) is 0 Å². The number of H-pyrrole nitrogens is 1. The zero-order valence-corrected chi connectivity index (χ0v) is 11.8. The van der Waals surface area contributed by atoms with Crippen molar-refractivity contribution in [3.63, 3.8) is 0 Å². The molecule has 1 aliphatic rings. The topological polar surface area (TPSA) is 78.5 Å². The molecular formula is C15H17N3O3. The van der Waals surface area contributed by atoms with E-state index in [9.17, 15) is 9.90 Å². The number of aromatic amines is 1. The first-order valence-corrected chi connectivity index (χ1v) is 6.89. The van der Waals surface area contributed by atoms with Crippen molar-refractivity contribution in [3.05, 3.63) is 40.2 Å². The first-order chi connectivity index (χ1) is 10.2. The van der Waals surface area contributed by atoms with Crippen LogP contribution in [0.3, 0.4) is 0 Å². The molecule has 21 heavy (non-hydrogen) atoms. The second-order valence-electron chi connectivity index (χ2n) is 5.00. The molecule has 2 heterocycles. The van der Waals surface area contributed by atoms with Gasteiger partial charge in [-0.05, 0) is 18.1 Å². The normalized spacial score (nSPS) is 15.2. The third-order valence-electron chi connectivity index (χ3n) is 3.61. The molecule has 0 spiro atoms. The molecule has 0 radical (unpaired) electrons. The Balaban J connectivity index is 2.05. The van der Waals surface area contributed by atoms with Gasteiger partial charge < -0.3 is 14.7 Å². The number of anilines is 1. The predicted molar refractivity (Wildman–Crippen MR) is 79.7 cm³/mol. The summed E-state index contributed by atoms with van der Waals surface area (Å²) in [5.41, 5.74) is 1.49. The van der Waals surface area contributed by atoms with Gasteiger partial charge in [-0.3, -0.25) is 9.78 Å². The number of aryl methyl sites for hydroxylation is 1. The standard InChI is InChI=1S/C15H17N3O3/c1-10-4-2-3-5-11(10)12-13(19)16-15(17-14(12)20)18-6-8-21-9-7-18/h2-5H,6-9H2,1H3,(H2,16,17,19,20). The number of nitrogens with one attached hydrogen (secondary N) is 1. The molecule has 1 saturated heterocycles. The van der Waals surface area contributed by atoms with Crippen molar-refractivity contribution in [2.45, 2.75) is 6.92 Å². The maximum atomic E-state index is 12.3. The number of aromatic hydroxyl groups is 1. The van der Waals surface area contributed by atoms with Crippen LogP contribution in [0.4, 0.5) is 5.95 Å². The lowest BCUT2D eigenvalue weighted by Crippen LogP contribution is -2.38. The minimum atomic E-state index is -0.335. The largest absolute Gasteiger partial charge is 0.493 e. The van der Waals surface area contributed by atoms with Gasteiger partial charge in [0.2, 0.25) is 11.8 Å². The molecule has 1 aromatic heterocycles. The molecule has 110 valence electrons. The van der Waals surface area contributed by atoms with E-state index in [1.807, 2.05) is 30.0 Å². The summed E-state index contributed by atoms with van der Waals surface area (Å²) in [6.45, 7) is 4.36. The Morgan fingerprint density at radius 1 is 1.29 bits per heavy atom. The minimum absolute atomic E-state index is 0.213. The summed E-state index contributed by atoms with van der Waals surface area (Å²) in [5, 5.41) is 10.2. The van der Waals surface area contributed by atoms with Crippen molar-refractivity contribution >= 4 is 5.95 Å². The zero-order valence-electron chi connectivity index (χ0n) is 11.8. The highest BCUT2D eigenvalue weighted by molar-refractivity contribution is 5.71.